The number of pyridine rings is 1. The first-order chi connectivity index (χ1) is 11.9. The van der Waals surface area contributed by atoms with E-state index in [9.17, 15) is 0 Å². The smallest absolute Gasteiger partial charge is 0.181 e. The van der Waals surface area contributed by atoms with Crippen LogP contribution in [0.2, 0.25) is 0 Å². The maximum Gasteiger partial charge on any atom is 0.181 e. The topological polar surface area (TPSA) is 61.1 Å². The molecule has 1 aromatic rings. The van der Waals surface area contributed by atoms with Crippen LogP contribution in [0.1, 0.15) is 83.7 Å². The quantitative estimate of drug-likeness (QED) is 0.306. The number of aryl methyl sites for hydroxylation is 2. The van der Waals surface area contributed by atoms with Gasteiger partial charge in [-0.3, -0.25) is 0 Å². The highest BCUT2D eigenvalue weighted by molar-refractivity contribution is 7.84. The Morgan fingerprint density at radius 2 is 1.36 bits per heavy atom. The monoisotopic (exact) mass is 371 g/mol. The minimum atomic E-state index is -3.92. The Labute approximate surface area is 155 Å². The van der Waals surface area contributed by atoms with Crippen LogP contribution in [0.4, 0.5) is 0 Å². The fourth-order valence-electron chi connectivity index (χ4n) is 2.82. The van der Waals surface area contributed by atoms with Crippen molar-refractivity contribution in [2.45, 2.75) is 91.0 Å². The van der Waals surface area contributed by atoms with Crippen molar-refractivity contribution in [3.05, 3.63) is 30.1 Å². The van der Waals surface area contributed by atoms with E-state index < -0.39 is 10.1 Å². The second kappa shape index (κ2) is 15.3. The Morgan fingerprint density at radius 1 is 0.880 bits per heavy atom. The van der Waals surface area contributed by atoms with E-state index in [0.717, 1.165) is 6.42 Å². The molecule has 0 N–H and O–H groups in total. The van der Waals surface area contributed by atoms with Crippen LogP contribution in [-0.4, -0.2) is 19.2 Å². The van der Waals surface area contributed by atoms with Gasteiger partial charge in [-0.2, -0.15) is 0 Å². The molecule has 0 bridgehead atoms. The van der Waals surface area contributed by atoms with Crippen molar-refractivity contribution in [3.8, 4) is 0 Å². The van der Waals surface area contributed by atoms with Gasteiger partial charge in [-0.05, 0) is 6.42 Å². The third-order valence-corrected chi connectivity index (χ3v) is 4.15. The van der Waals surface area contributed by atoms with E-state index in [0.29, 0.717) is 6.26 Å². The van der Waals surface area contributed by atoms with E-state index in [1.807, 2.05) is 0 Å². The summed E-state index contributed by atoms with van der Waals surface area (Å²) in [6.45, 7) is 5.72. The predicted octanol–water partition coefficient (Wildman–Crippen LogP) is 4.62. The third-order valence-electron chi connectivity index (χ3n) is 4.15. The van der Waals surface area contributed by atoms with Crippen molar-refractivity contribution in [1.29, 1.82) is 0 Å². The summed E-state index contributed by atoms with van der Waals surface area (Å²) >= 11 is 0. The molecule has 1 rings (SSSR count). The lowest BCUT2D eigenvalue weighted by atomic mass is 10.1. The molecular weight excluding hydrogens is 334 g/mol. The van der Waals surface area contributed by atoms with E-state index in [1.54, 1.807) is 0 Å². The summed E-state index contributed by atoms with van der Waals surface area (Å²) in [5.41, 5.74) is 1.46. The molecule has 4 nitrogen and oxygen atoms in total. The summed E-state index contributed by atoms with van der Waals surface area (Å²) in [6.07, 6.45) is 18.1. The van der Waals surface area contributed by atoms with Gasteiger partial charge in [0.1, 0.15) is 6.54 Å². The zero-order chi connectivity index (χ0) is 19.0. The summed E-state index contributed by atoms with van der Waals surface area (Å²) in [4.78, 5) is 0. The normalized spacial score (nSPS) is 11.0. The molecule has 0 unspecified atom stereocenters. The first-order valence-corrected chi connectivity index (χ1v) is 11.6. The van der Waals surface area contributed by atoms with E-state index in [1.165, 1.54) is 76.4 Å². The first-order valence-electron chi connectivity index (χ1n) is 9.76. The van der Waals surface area contributed by atoms with Gasteiger partial charge in [-0.25, -0.2) is 13.0 Å². The molecule has 0 atom stereocenters. The molecule has 0 fully saturated rings. The van der Waals surface area contributed by atoms with E-state index in [2.05, 4.69) is 42.8 Å². The molecule has 0 aromatic carbocycles. The zero-order valence-electron chi connectivity index (χ0n) is 16.4. The van der Waals surface area contributed by atoms with Crippen LogP contribution in [0.15, 0.2) is 24.4 Å². The summed E-state index contributed by atoms with van der Waals surface area (Å²) in [5, 5.41) is 0. The van der Waals surface area contributed by atoms with E-state index in [-0.39, 0.29) is 0 Å². The van der Waals surface area contributed by atoms with Crippen molar-refractivity contribution in [3.63, 3.8) is 0 Å². The molecule has 0 radical (unpaired) electrons. The fourth-order valence-corrected chi connectivity index (χ4v) is 2.82. The highest BCUT2D eigenvalue weighted by Gasteiger charge is 2.05. The van der Waals surface area contributed by atoms with Crippen LogP contribution in [0, 0.1) is 0 Å². The lowest BCUT2D eigenvalue weighted by Gasteiger charge is -2.03. The van der Waals surface area contributed by atoms with Crippen molar-refractivity contribution in [2.75, 3.05) is 6.26 Å². The van der Waals surface area contributed by atoms with Crippen LogP contribution < -0.4 is 4.57 Å². The summed E-state index contributed by atoms with van der Waals surface area (Å²) < 4.78 is 29.7. The van der Waals surface area contributed by atoms with Crippen LogP contribution in [-0.2, 0) is 23.1 Å². The van der Waals surface area contributed by atoms with Crippen LogP contribution >= 0.6 is 0 Å². The average molecular weight is 372 g/mol. The molecule has 146 valence electrons. The SMILES string of the molecule is CCCCCCCCCCCC[n+]1ccccc1CC.CS(=O)(=O)[O-]. The highest BCUT2D eigenvalue weighted by Crippen LogP contribution is 2.10. The van der Waals surface area contributed by atoms with E-state index >= 15 is 0 Å². The maximum absolute atomic E-state index is 9.08. The standard InChI is InChI=1S/C19H34N.CH4O3S/c1-3-5-6-7-8-9-10-11-12-14-17-20-18-15-13-16-19(20)4-2;1-5(2,3)4/h13,15-16,18H,3-12,14,17H2,1-2H3;1H3,(H,2,3,4)/q+1;/p-1. The molecule has 0 aliphatic rings. The summed E-state index contributed by atoms with van der Waals surface area (Å²) in [6, 6.07) is 6.54. The second-order valence-electron chi connectivity index (χ2n) is 6.63. The van der Waals surface area contributed by atoms with Gasteiger partial charge >= 0.3 is 0 Å². The molecular formula is C20H37NO3S. The van der Waals surface area contributed by atoms with Gasteiger partial charge in [-0.15, -0.1) is 0 Å². The lowest BCUT2D eigenvalue weighted by molar-refractivity contribution is -0.704. The Hall–Kier alpha value is -0.940. The van der Waals surface area contributed by atoms with Gasteiger partial charge in [0.05, 0.1) is 10.1 Å². The number of unbranched alkanes of at least 4 members (excludes halogenated alkanes) is 9. The number of nitrogens with zero attached hydrogens (tertiary/aromatic N) is 1. The van der Waals surface area contributed by atoms with Crippen LogP contribution in [0.5, 0.6) is 0 Å². The fraction of sp³-hybridized carbons (Fsp3) is 0.750. The Balaban J connectivity index is 0.00000101. The first kappa shape index (κ1) is 24.1. The van der Waals surface area contributed by atoms with Gasteiger partial charge in [0.15, 0.2) is 11.9 Å². The van der Waals surface area contributed by atoms with Gasteiger partial charge in [0, 0.05) is 31.2 Å². The molecule has 25 heavy (non-hydrogen) atoms. The zero-order valence-corrected chi connectivity index (χ0v) is 17.2. The number of hydrogen-bond acceptors (Lipinski definition) is 3. The number of aromatic nitrogens is 1. The predicted molar refractivity (Wildman–Crippen MR) is 103 cm³/mol. The van der Waals surface area contributed by atoms with Crippen molar-refractivity contribution in [1.82, 2.24) is 0 Å². The number of hydrogen-bond donors (Lipinski definition) is 0. The minimum Gasteiger partial charge on any atom is -0.748 e. The van der Waals surface area contributed by atoms with Crippen LogP contribution in [0.25, 0.3) is 0 Å². The number of rotatable bonds is 12. The minimum absolute atomic E-state index is 0.604. The van der Waals surface area contributed by atoms with Crippen LogP contribution in [0.3, 0.4) is 0 Å². The van der Waals surface area contributed by atoms with Crippen molar-refractivity contribution < 1.29 is 17.5 Å². The van der Waals surface area contributed by atoms with Crippen molar-refractivity contribution in [2.24, 2.45) is 0 Å². The van der Waals surface area contributed by atoms with Gasteiger partial charge in [-0.1, -0.05) is 71.3 Å². The van der Waals surface area contributed by atoms with Gasteiger partial charge < -0.3 is 4.55 Å². The molecule has 0 aliphatic carbocycles. The van der Waals surface area contributed by atoms with Crippen molar-refractivity contribution >= 4 is 10.1 Å². The molecule has 0 saturated heterocycles. The van der Waals surface area contributed by atoms with Gasteiger partial charge in [0.2, 0.25) is 0 Å². The summed E-state index contributed by atoms with van der Waals surface area (Å²) in [5.74, 6) is 0. The maximum atomic E-state index is 9.08. The Kier molecular flexibility index (Phi) is 14.7. The molecule has 1 aromatic heterocycles. The molecule has 5 heteroatoms. The molecule has 0 aliphatic heterocycles. The molecule has 1 heterocycles. The van der Waals surface area contributed by atoms with Gasteiger partial charge in [0.25, 0.3) is 0 Å². The largest absolute Gasteiger partial charge is 0.748 e. The molecule has 0 amide bonds. The Bertz CT molecular complexity index is 521. The second-order valence-corrected chi connectivity index (χ2v) is 8.03. The third kappa shape index (κ3) is 17.7. The highest BCUT2D eigenvalue weighted by atomic mass is 32.2. The lowest BCUT2D eigenvalue weighted by Crippen LogP contribution is -2.37. The molecule has 0 spiro atoms. The van der Waals surface area contributed by atoms with E-state index in [4.69, 9.17) is 13.0 Å². The average Bonchev–Trinajstić information content (AvgIpc) is 2.55. The summed E-state index contributed by atoms with van der Waals surface area (Å²) in [7, 11) is -3.92. The molecule has 0 saturated carbocycles. The Morgan fingerprint density at radius 3 is 1.84 bits per heavy atom.